The zero-order chi connectivity index (χ0) is 76.0. The lowest BCUT2D eigenvalue weighted by Gasteiger charge is -2.26. The van der Waals surface area contributed by atoms with Crippen LogP contribution in [0.15, 0.2) is 109 Å². The minimum Gasteiger partial charge on any atom is -0.545 e. The molecule has 0 aromatic carbocycles. The molecular formula is C96H171NO8. The van der Waals surface area contributed by atoms with E-state index in [0.29, 0.717) is 23.9 Å². The molecule has 0 saturated heterocycles. The van der Waals surface area contributed by atoms with Gasteiger partial charge in [-0.05, 0) is 96.3 Å². The summed E-state index contributed by atoms with van der Waals surface area (Å²) in [6.45, 7) is 4.59. The highest BCUT2D eigenvalue weighted by atomic mass is 16.7. The molecule has 608 valence electrons. The maximum atomic E-state index is 13.0. The molecule has 0 N–H and O–H groups in total. The van der Waals surface area contributed by atoms with Gasteiger partial charge in [-0.1, -0.05) is 425 Å². The topological polar surface area (TPSA) is 111 Å². The summed E-state index contributed by atoms with van der Waals surface area (Å²) in [6, 6.07) is 0. The zero-order valence-electron chi connectivity index (χ0n) is 69.8. The molecule has 0 rings (SSSR count). The largest absolute Gasteiger partial charge is 0.545 e. The van der Waals surface area contributed by atoms with Gasteiger partial charge in [-0.25, -0.2) is 0 Å². The van der Waals surface area contributed by atoms with Crippen LogP contribution in [0.25, 0.3) is 0 Å². The van der Waals surface area contributed by atoms with Gasteiger partial charge >= 0.3 is 11.9 Å². The van der Waals surface area contributed by atoms with Crippen molar-refractivity contribution in [1.82, 2.24) is 0 Å². The molecule has 0 amide bonds. The van der Waals surface area contributed by atoms with Crippen LogP contribution >= 0.6 is 0 Å². The number of carbonyl (C=O) groups is 3. The van der Waals surface area contributed by atoms with Crippen LogP contribution in [0.3, 0.4) is 0 Å². The quantitative estimate of drug-likeness (QED) is 0.0195. The SMILES string of the molecule is CC/C=C\C/C=C\C/C=C\C/C=C\C/C=C\CCCCCCCCCCCCCCCCCCCCCCCCCCCC(=O)OC(COC(=O)CCCCCCCCCCCCCCCCCCCCCCCCCCCC/C=C\C/C=C\C/C=C\C/C=C\CC)COC(OCC[N+](C)(C)C)C(=O)[O-]. The molecule has 105 heavy (non-hydrogen) atoms. The zero-order valence-corrected chi connectivity index (χ0v) is 69.8. The average molecular weight is 1470 g/mol. The number of hydrogen-bond donors (Lipinski definition) is 0. The summed E-state index contributed by atoms with van der Waals surface area (Å²) in [5, 5.41) is 11.9. The van der Waals surface area contributed by atoms with Crippen molar-refractivity contribution >= 4 is 17.9 Å². The molecule has 9 nitrogen and oxygen atoms in total. The predicted octanol–water partition coefficient (Wildman–Crippen LogP) is 28.3. The molecule has 0 radical (unpaired) electrons. The smallest absolute Gasteiger partial charge is 0.306 e. The summed E-state index contributed by atoms with van der Waals surface area (Å²) in [6.07, 6.45) is 118. The summed E-state index contributed by atoms with van der Waals surface area (Å²) in [5.74, 6) is -2.25. The predicted molar refractivity (Wildman–Crippen MR) is 454 cm³/mol. The second-order valence-electron chi connectivity index (χ2n) is 31.5. The van der Waals surface area contributed by atoms with Crippen LogP contribution in [-0.2, 0) is 33.3 Å². The third-order valence-electron chi connectivity index (χ3n) is 20.0. The first kappa shape index (κ1) is 101. The van der Waals surface area contributed by atoms with Crippen molar-refractivity contribution in [3.63, 3.8) is 0 Å². The number of likely N-dealkylation sites (N-methyl/N-ethyl adjacent to an activating group) is 1. The molecule has 0 aliphatic carbocycles. The van der Waals surface area contributed by atoms with E-state index in [9.17, 15) is 19.5 Å². The van der Waals surface area contributed by atoms with E-state index in [0.717, 1.165) is 89.9 Å². The lowest BCUT2D eigenvalue weighted by atomic mass is 10.0. The molecule has 0 aromatic heterocycles. The van der Waals surface area contributed by atoms with Gasteiger partial charge in [-0.2, -0.15) is 0 Å². The molecule has 9 heteroatoms. The lowest BCUT2D eigenvalue weighted by molar-refractivity contribution is -0.870. The second kappa shape index (κ2) is 85.6. The Kier molecular flexibility index (Phi) is 82.3. The fourth-order valence-corrected chi connectivity index (χ4v) is 13.3. The van der Waals surface area contributed by atoms with Crippen molar-refractivity contribution in [1.29, 1.82) is 0 Å². The Hall–Kier alpha value is -4.05. The van der Waals surface area contributed by atoms with Gasteiger partial charge in [0.25, 0.3) is 0 Å². The van der Waals surface area contributed by atoms with Crippen LogP contribution in [-0.4, -0.2) is 82.3 Å². The number of carbonyl (C=O) groups excluding carboxylic acids is 3. The first-order valence-corrected chi connectivity index (χ1v) is 45.0. The Morgan fingerprint density at radius 2 is 0.514 bits per heavy atom. The monoisotopic (exact) mass is 1470 g/mol. The average Bonchev–Trinajstić information content (AvgIpc) is 1.18. The maximum absolute atomic E-state index is 13.0. The number of rotatable bonds is 84. The van der Waals surface area contributed by atoms with Crippen molar-refractivity contribution in [2.75, 3.05) is 47.5 Å². The van der Waals surface area contributed by atoms with Crippen LogP contribution in [0, 0.1) is 0 Å². The van der Waals surface area contributed by atoms with Gasteiger partial charge in [0.1, 0.15) is 13.2 Å². The molecule has 2 atom stereocenters. The minimum atomic E-state index is -1.62. The van der Waals surface area contributed by atoms with E-state index in [4.69, 9.17) is 18.9 Å². The third-order valence-corrected chi connectivity index (χ3v) is 20.0. The highest BCUT2D eigenvalue weighted by Gasteiger charge is 2.22. The normalized spacial score (nSPS) is 13.1. The molecule has 0 aliphatic rings. The van der Waals surface area contributed by atoms with E-state index in [1.165, 1.54) is 302 Å². The molecule has 0 bridgehead atoms. The van der Waals surface area contributed by atoms with Gasteiger partial charge in [-0.3, -0.25) is 9.59 Å². The standard InChI is InChI=1S/C96H171NO8/c1-6-8-10-12-14-16-18-20-22-24-26-28-30-32-34-36-38-40-42-44-46-47-49-51-53-55-57-59-61-63-65-67-69-71-73-75-77-79-81-83-85-87-94(99)105-92(91-104-96(95(100)101)102-89-88-97(3,4)5)90-103-93(98)86-84-82-80-78-76-74-72-70-68-66-64-62-60-58-56-54-52-50-48-45-43-41-39-37-35-33-31-29-27-25-23-21-19-17-15-13-11-9-7-2/h8-11,14-17,20-23,26-29,32,34,92,96H,6-7,12-13,18-19,24-25,30-31,33,35-91H2,1-5H3/b10-8-,11-9-,16-14-,17-15-,22-20-,23-21-,28-26-,29-27-,34-32-. The molecular weight excluding hydrogens is 1300 g/mol. The lowest BCUT2D eigenvalue weighted by Crippen LogP contribution is -2.44. The summed E-state index contributed by atoms with van der Waals surface area (Å²) < 4.78 is 22.9. The van der Waals surface area contributed by atoms with Crippen molar-refractivity contribution in [3.05, 3.63) is 109 Å². The second-order valence-corrected chi connectivity index (χ2v) is 31.5. The van der Waals surface area contributed by atoms with Gasteiger partial charge in [0.2, 0.25) is 0 Å². The van der Waals surface area contributed by atoms with E-state index in [1.54, 1.807) is 0 Å². The number of allylic oxidation sites excluding steroid dienone is 18. The number of carboxylic acids is 1. The Morgan fingerprint density at radius 3 is 0.762 bits per heavy atom. The van der Waals surface area contributed by atoms with Gasteiger partial charge in [0.15, 0.2) is 12.4 Å². The molecule has 0 spiro atoms. The molecule has 0 fully saturated rings. The Labute approximate surface area is 651 Å². The summed E-state index contributed by atoms with van der Waals surface area (Å²) >= 11 is 0. The molecule has 0 aromatic rings. The fourth-order valence-electron chi connectivity index (χ4n) is 13.3. The summed E-state index contributed by atoms with van der Waals surface area (Å²) in [5.41, 5.74) is 0. The number of nitrogens with zero attached hydrogens (tertiary/aromatic N) is 1. The van der Waals surface area contributed by atoms with Crippen molar-refractivity contribution in [2.24, 2.45) is 0 Å². The molecule has 0 saturated carbocycles. The fraction of sp³-hybridized carbons (Fsp3) is 0.781. The van der Waals surface area contributed by atoms with Crippen LogP contribution in [0.2, 0.25) is 0 Å². The number of unbranched alkanes of at least 4 members (excludes halogenated alkanes) is 51. The maximum Gasteiger partial charge on any atom is 0.306 e. The van der Waals surface area contributed by atoms with Crippen LogP contribution < -0.4 is 5.11 Å². The summed E-state index contributed by atoms with van der Waals surface area (Å²) in [7, 11) is 5.95. The van der Waals surface area contributed by atoms with Crippen LogP contribution in [0.4, 0.5) is 0 Å². The number of carboxylic acid groups (broad SMARTS) is 1. The van der Waals surface area contributed by atoms with Gasteiger partial charge < -0.3 is 33.3 Å². The van der Waals surface area contributed by atoms with E-state index >= 15 is 0 Å². The number of quaternary nitrogens is 1. The number of ether oxygens (including phenoxy) is 4. The van der Waals surface area contributed by atoms with Crippen LogP contribution in [0.5, 0.6) is 0 Å². The van der Waals surface area contributed by atoms with Crippen molar-refractivity contribution in [2.45, 2.75) is 437 Å². The van der Waals surface area contributed by atoms with Crippen molar-refractivity contribution < 1.29 is 42.9 Å². The number of esters is 2. The number of aliphatic carboxylic acids is 1. The highest BCUT2D eigenvalue weighted by Crippen LogP contribution is 2.20. The van der Waals surface area contributed by atoms with E-state index < -0.39 is 24.3 Å². The first-order chi connectivity index (χ1) is 51.6. The molecule has 0 heterocycles. The van der Waals surface area contributed by atoms with Gasteiger partial charge in [0.05, 0.1) is 40.3 Å². The third kappa shape index (κ3) is 87.1. The van der Waals surface area contributed by atoms with E-state index in [2.05, 4.69) is 123 Å². The minimum absolute atomic E-state index is 0.149. The van der Waals surface area contributed by atoms with E-state index in [-0.39, 0.29) is 32.2 Å². The Balaban J connectivity index is 3.90. The number of hydrogen-bond acceptors (Lipinski definition) is 8. The molecule has 2 unspecified atom stereocenters. The van der Waals surface area contributed by atoms with Crippen molar-refractivity contribution in [3.8, 4) is 0 Å². The summed E-state index contributed by atoms with van der Waals surface area (Å²) in [4.78, 5) is 37.7. The van der Waals surface area contributed by atoms with E-state index in [1.807, 2.05) is 21.1 Å². The molecule has 0 aliphatic heterocycles. The highest BCUT2D eigenvalue weighted by molar-refractivity contribution is 5.70. The Bertz CT molecular complexity index is 2110. The van der Waals surface area contributed by atoms with Gasteiger partial charge in [0, 0.05) is 12.8 Å². The Morgan fingerprint density at radius 1 is 0.286 bits per heavy atom. The van der Waals surface area contributed by atoms with Crippen LogP contribution in [0.1, 0.15) is 425 Å². The van der Waals surface area contributed by atoms with Gasteiger partial charge in [-0.15, -0.1) is 0 Å². The first-order valence-electron chi connectivity index (χ1n) is 45.0.